The number of benzene rings is 1. The average molecular weight is 393 g/mol. The van der Waals surface area contributed by atoms with Crippen molar-refractivity contribution in [2.75, 3.05) is 0 Å². The van der Waals surface area contributed by atoms with E-state index in [1.807, 2.05) is 13.8 Å². The first kappa shape index (κ1) is 26.0. The predicted molar refractivity (Wildman–Crippen MR) is 87.9 cm³/mol. The van der Waals surface area contributed by atoms with Crippen LogP contribution < -0.4 is 0 Å². The fourth-order valence-corrected chi connectivity index (χ4v) is 2.10. The minimum atomic E-state index is -4.32. The van der Waals surface area contributed by atoms with Crippen LogP contribution in [0.5, 0.6) is 0 Å². The molecule has 0 saturated carbocycles. The Kier molecular flexibility index (Phi) is 11.8. The van der Waals surface area contributed by atoms with Gasteiger partial charge in [-0.3, -0.25) is 4.79 Å². The summed E-state index contributed by atoms with van der Waals surface area (Å²) in [5.41, 5.74) is -1.11. The third-order valence-electron chi connectivity index (χ3n) is 3.43. The molecule has 0 unspecified atom stereocenters. The largest absolute Gasteiger partial charge is 0.397 e. The van der Waals surface area contributed by atoms with E-state index in [9.17, 15) is 31.1 Å². The molecule has 0 aromatic heterocycles. The molecule has 0 heterocycles. The van der Waals surface area contributed by atoms with Gasteiger partial charge in [0.25, 0.3) is 0 Å². The Bertz CT molecular complexity index is 494. The smallest absolute Gasteiger partial charge is 0.281 e. The molecule has 0 amide bonds. The standard InChI is InChI=1S/C14H16ClF3O.C2H6.CHF3/c1-4-11(12(15)19)9-5-7-10(8-6-9)13(2,3)14(16,17)18;1-2;2-1(3)4/h5-8,11H,4H2,1-3H3;1-2H3;1H/t11-;;/m0../s1. The highest BCUT2D eigenvalue weighted by Crippen LogP contribution is 2.40. The van der Waals surface area contributed by atoms with E-state index in [0.717, 1.165) is 13.8 Å². The molecule has 25 heavy (non-hydrogen) atoms. The van der Waals surface area contributed by atoms with Gasteiger partial charge in [0.15, 0.2) is 0 Å². The van der Waals surface area contributed by atoms with Gasteiger partial charge in [0, 0.05) is 0 Å². The minimum Gasteiger partial charge on any atom is -0.281 e. The third kappa shape index (κ3) is 8.61. The molecular formula is C17H23ClF6O. The van der Waals surface area contributed by atoms with Gasteiger partial charge in [-0.2, -0.15) is 26.3 Å². The van der Waals surface area contributed by atoms with Gasteiger partial charge >= 0.3 is 12.9 Å². The fourth-order valence-electron chi connectivity index (χ4n) is 1.82. The van der Waals surface area contributed by atoms with Crippen molar-refractivity contribution < 1.29 is 31.1 Å². The summed E-state index contributed by atoms with van der Waals surface area (Å²) in [6.45, 7) is 4.40. The Morgan fingerprint density at radius 2 is 1.40 bits per heavy atom. The van der Waals surface area contributed by atoms with Crippen molar-refractivity contribution in [1.29, 1.82) is 0 Å². The zero-order valence-electron chi connectivity index (χ0n) is 14.7. The molecule has 1 rings (SSSR count). The van der Waals surface area contributed by atoms with Crippen molar-refractivity contribution in [3.05, 3.63) is 35.4 Å². The van der Waals surface area contributed by atoms with Crippen LogP contribution >= 0.6 is 11.6 Å². The van der Waals surface area contributed by atoms with Crippen LogP contribution in [0.1, 0.15) is 58.1 Å². The summed E-state index contributed by atoms with van der Waals surface area (Å²) in [5.74, 6) is -0.468. The molecule has 0 aliphatic carbocycles. The lowest BCUT2D eigenvalue weighted by atomic mass is 9.83. The first-order valence-corrected chi connectivity index (χ1v) is 8.01. The second kappa shape index (κ2) is 11.4. The van der Waals surface area contributed by atoms with Gasteiger partial charge in [-0.1, -0.05) is 45.0 Å². The molecule has 0 aliphatic rings. The Balaban J connectivity index is 0. The molecular weight excluding hydrogens is 370 g/mol. The third-order valence-corrected chi connectivity index (χ3v) is 3.69. The van der Waals surface area contributed by atoms with Gasteiger partial charge in [-0.25, -0.2) is 0 Å². The molecule has 8 heteroatoms. The van der Waals surface area contributed by atoms with Gasteiger partial charge in [0.05, 0.1) is 11.3 Å². The monoisotopic (exact) mass is 392 g/mol. The SMILES string of the molecule is CC.CC[C@H](C(=O)Cl)c1ccc(C(C)(C)C(F)(F)F)cc1.FC(F)F. The second-order valence-electron chi connectivity index (χ2n) is 5.26. The summed E-state index contributed by atoms with van der Waals surface area (Å²) in [5, 5.41) is -0.495. The lowest BCUT2D eigenvalue weighted by molar-refractivity contribution is -0.180. The number of carbonyl (C=O) groups excluding carboxylic acids is 1. The molecule has 0 saturated heterocycles. The van der Waals surface area contributed by atoms with E-state index in [-0.39, 0.29) is 5.56 Å². The molecule has 0 bridgehead atoms. The molecule has 146 valence electrons. The zero-order chi connectivity index (χ0) is 20.4. The maximum atomic E-state index is 12.9. The van der Waals surface area contributed by atoms with Gasteiger partial charge in [-0.15, -0.1) is 0 Å². The summed E-state index contributed by atoms with van der Waals surface area (Å²) in [7, 11) is 0. The number of rotatable bonds is 4. The van der Waals surface area contributed by atoms with Crippen LogP contribution in [0, 0.1) is 0 Å². The van der Waals surface area contributed by atoms with E-state index in [1.54, 1.807) is 6.92 Å². The van der Waals surface area contributed by atoms with Crippen LogP contribution in [-0.4, -0.2) is 18.1 Å². The van der Waals surface area contributed by atoms with Gasteiger partial charge in [-0.05, 0) is 43.0 Å². The van der Waals surface area contributed by atoms with E-state index < -0.39 is 29.4 Å². The van der Waals surface area contributed by atoms with E-state index in [1.165, 1.54) is 24.3 Å². The molecule has 1 nitrogen and oxygen atoms in total. The average Bonchev–Trinajstić information content (AvgIpc) is 2.48. The Labute approximate surface area is 149 Å². The summed E-state index contributed by atoms with van der Waals surface area (Å²) in [6, 6.07) is 5.89. The van der Waals surface area contributed by atoms with Crippen LogP contribution in [-0.2, 0) is 10.2 Å². The van der Waals surface area contributed by atoms with Crippen molar-refractivity contribution in [3.63, 3.8) is 0 Å². The first-order chi connectivity index (χ1) is 11.3. The summed E-state index contributed by atoms with van der Waals surface area (Å²) >= 11 is 5.46. The summed E-state index contributed by atoms with van der Waals surface area (Å²) in [6.07, 6.45) is -3.80. The molecule has 1 atom stereocenters. The van der Waals surface area contributed by atoms with Crippen molar-refractivity contribution in [2.24, 2.45) is 0 Å². The second-order valence-corrected chi connectivity index (χ2v) is 5.63. The van der Waals surface area contributed by atoms with Gasteiger partial charge < -0.3 is 0 Å². The van der Waals surface area contributed by atoms with Crippen molar-refractivity contribution >= 4 is 16.8 Å². The lowest BCUT2D eigenvalue weighted by Gasteiger charge is -2.28. The van der Waals surface area contributed by atoms with Gasteiger partial charge in [0.1, 0.15) is 0 Å². The number of halogens is 7. The van der Waals surface area contributed by atoms with E-state index in [0.29, 0.717) is 12.0 Å². The van der Waals surface area contributed by atoms with Crippen LogP contribution in [0.25, 0.3) is 0 Å². The van der Waals surface area contributed by atoms with E-state index in [4.69, 9.17) is 11.6 Å². The summed E-state index contributed by atoms with van der Waals surface area (Å²) < 4.78 is 67.7. The van der Waals surface area contributed by atoms with Crippen molar-refractivity contribution in [1.82, 2.24) is 0 Å². The maximum Gasteiger partial charge on any atom is 0.397 e. The Morgan fingerprint density at radius 1 is 1.04 bits per heavy atom. The maximum absolute atomic E-state index is 12.9. The minimum absolute atomic E-state index is 0.167. The lowest BCUT2D eigenvalue weighted by Crippen LogP contribution is -2.36. The number of hydrogen-bond donors (Lipinski definition) is 0. The fraction of sp³-hybridized carbons (Fsp3) is 0.588. The molecule has 0 radical (unpaired) electrons. The molecule has 0 aliphatic heterocycles. The molecule has 0 N–H and O–H groups in total. The van der Waals surface area contributed by atoms with Gasteiger partial charge in [0.2, 0.25) is 5.24 Å². The number of hydrogen-bond acceptors (Lipinski definition) is 1. The quantitative estimate of drug-likeness (QED) is 0.398. The highest BCUT2D eigenvalue weighted by Gasteiger charge is 2.48. The highest BCUT2D eigenvalue weighted by atomic mass is 35.5. The van der Waals surface area contributed by atoms with Crippen molar-refractivity contribution in [2.45, 2.75) is 65.2 Å². The first-order valence-electron chi connectivity index (χ1n) is 7.63. The highest BCUT2D eigenvalue weighted by molar-refractivity contribution is 6.64. The summed E-state index contributed by atoms with van der Waals surface area (Å²) in [4.78, 5) is 11.2. The van der Waals surface area contributed by atoms with Crippen molar-refractivity contribution in [3.8, 4) is 0 Å². The zero-order valence-corrected chi connectivity index (χ0v) is 15.5. The normalized spacial score (nSPS) is 12.5. The van der Waals surface area contributed by atoms with Crippen LogP contribution in [0.3, 0.4) is 0 Å². The molecule has 1 aromatic rings. The number of carbonyl (C=O) groups is 1. The number of alkyl halides is 6. The molecule has 0 fully saturated rings. The Morgan fingerprint density at radius 3 is 1.64 bits per heavy atom. The van der Waals surface area contributed by atoms with E-state index >= 15 is 0 Å². The Hall–Kier alpha value is -1.24. The van der Waals surface area contributed by atoms with Crippen LogP contribution in [0.2, 0.25) is 0 Å². The van der Waals surface area contributed by atoms with Crippen LogP contribution in [0.15, 0.2) is 24.3 Å². The topological polar surface area (TPSA) is 17.1 Å². The van der Waals surface area contributed by atoms with E-state index in [2.05, 4.69) is 0 Å². The van der Waals surface area contributed by atoms with Crippen LogP contribution in [0.4, 0.5) is 26.3 Å². The molecule has 1 aromatic carbocycles. The predicted octanol–water partition coefficient (Wildman–Crippen LogP) is 6.99. The molecule has 0 spiro atoms.